The van der Waals surface area contributed by atoms with Gasteiger partial charge in [-0.15, -0.1) is 0 Å². The Bertz CT molecular complexity index is 317. The maximum absolute atomic E-state index is 5.64. The fourth-order valence-corrected chi connectivity index (χ4v) is 1.71. The minimum Gasteiger partial charge on any atom is -0.399 e. The monoisotopic (exact) mass is 273 g/mol. The van der Waals surface area contributed by atoms with E-state index in [1.807, 2.05) is 25.1 Å². The van der Waals surface area contributed by atoms with Crippen LogP contribution in [-0.4, -0.2) is 19.8 Å². The molecule has 3 nitrogen and oxygen atoms in total. The maximum Gasteiger partial charge on any atom is 0.0784 e. The lowest BCUT2D eigenvalue weighted by molar-refractivity contribution is -0.000322. The number of hydrogen-bond donors (Lipinski definition) is 1. The number of anilines is 1. The Morgan fingerprint density at radius 2 is 2.20 bits per heavy atom. The summed E-state index contributed by atoms with van der Waals surface area (Å²) in [7, 11) is 1.67. The van der Waals surface area contributed by atoms with Gasteiger partial charge in [-0.2, -0.15) is 0 Å². The fourth-order valence-electron chi connectivity index (χ4n) is 1.20. The number of benzene rings is 1. The summed E-state index contributed by atoms with van der Waals surface area (Å²) in [5.41, 5.74) is 7.48. The number of halogens is 1. The van der Waals surface area contributed by atoms with Crippen molar-refractivity contribution >= 4 is 21.6 Å². The number of ether oxygens (including phenoxy) is 2. The van der Waals surface area contributed by atoms with Crippen LogP contribution in [0.2, 0.25) is 0 Å². The average molecular weight is 274 g/mol. The molecule has 84 valence electrons. The number of methoxy groups -OCH3 is 1. The summed E-state index contributed by atoms with van der Waals surface area (Å²) in [5.74, 6) is 0. The third kappa shape index (κ3) is 4.20. The lowest BCUT2D eigenvalue weighted by atomic mass is 10.2. The Morgan fingerprint density at radius 1 is 1.47 bits per heavy atom. The molecule has 2 N–H and O–H groups in total. The van der Waals surface area contributed by atoms with E-state index in [0.29, 0.717) is 13.2 Å². The highest BCUT2D eigenvalue weighted by atomic mass is 79.9. The zero-order chi connectivity index (χ0) is 11.3. The van der Waals surface area contributed by atoms with E-state index in [1.165, 1.54) is 0 Å². The van der Waals surface area contributed by atoms with Gasteiger partial charge in [0, 0.05) is 17.3 Å². The van der Waals surface area contributed by atoms with E-state index in [1.54, 1.807) is 7.11 Å². The van der Waals surface area contributed by atoms with E-state index < -0.39 is 0 Å². The smallest absolute Gasteiger partial charge is 0.0784 e. The molecule has 1 aromatic carbocycles. The normalized spacial score (nSPS) is 12.7. The first-order valence-electron chi connectivity index (χ1n) is 4.78. The van der Waals surface area contributed by atoms with Gasteiger partial charge >= 0.3 is 0 Å². The molecule has 0 aliphatic rings. The third-order valence-corrected chi connectivity index (χ3v) is 2.74. The summed E-state index contributed by atoms with van der Waals surface area (Å²) in [6.45, 7) is 3.15. The van der Waals surface area contributed by atoms with Crippen LogP contribution in [0.1, 0.15) is 12.5 Å². The largest absolute Gasteiger partial charge is 0.399 e. The van der Waals surface area contributed by atoms with Gasteiger partial charge in [-0.05, 0) is 24.6 Å². The van der Waals surface area contributed by atoms with Crippen molar-refractivity contribution in [1.82, 2.24) is 0 Å². The maximum atomic E-state index is 5.64. The first kappa shape index (κ1) is 12.5. The van der Waals surface area contributed by atoms with Gasteiger partial charge in [0.2, 0.25) is 0 Å². The van der Waals surface area contributed by atoms with E-state index >= 15 is 0 Å². The predicted octanol–water partition coefficient (Wildman–Crippen LogP) is 2.58. The second-order valence-electron chi connectivity index (χ2n) is 3.43. The summed E-state index contributed by atoms with van der Waals surface area (Å²) in [4.78, 5) is 0. The summed E-state index contributed by atoms with van der Waals surface area (Å²) in [5, 5.41) is 0. The second kappa shape index (κ2) is 6.10. The Balaban J connectivity index is 2.50. The van der Waals surface area contributed by atoms with Crippen LogP contribution in [0.5, 0.6) is 0 Å². The quantitative estimate of drug-likeness (QED) is 0.839. The Labute approximate surface area is 98.7 Å². The van der Waals surface area contributed by atoms with Gasteiger partial charge < -0.3 is 15.2 Å². The molecule has 1 unspecified atom stereocenters. The van der Waals surface area contributed by atoms with E-state index in [-0.39, 0.29) is 6.10 Å². The molecule has 4 heteroatoms. The molecular weight excluding hydrogens is 258 g/mol. The van der Waals surface area contributed by atoms with Crippen LogP contribution in [0.25, 0.3) is 0 Å². The van der Waals surface area contributed by atoms with Crippen molar-refractivity contribution in [2.24, 2.45) is 0 Å². The summed E-state index contributed by atoms with van der Waals surface area (Å²) in [6.07, 6.45) is 0.0967. The molecule has 0 saturated heterocycles. The molecule has 0 spiro atoms. The highest BCUT2D eigenvalue weighted by Gasteiger charge is 2.04. The van der Waals surface area contributed by atoms with Crippen LogP contribution in [0.3, 0.4) is 0 Å². The molecule has 0 aliphatic heterocycles. The van der Waals surface area contributed by atoms with E-state index in [2.05, 4.69) is 15.9 Å². The molecule has 1 atom stereocenters. The Hall–Kier alpha value is -0.580. The van der Waals surface area contributed by atoms with E-state index in [9.17, 15) is 0 Å². The van der Waals surface area contributed by atoms with Gasteiger partial charge in [-0.25, -0.2) is 0 Å². The zero-order valence-corrected chi connectivity index (χ0v) is 10.6. The van der Waals surface area contributed by atoms with Crippen molar-refractivity contribution in [3.05, 3.63) is 28.2 Å². The lowest BCUT2D eigenvalue weighted by Crippen LogP contribution is -2.14. The van der Waals surface area contributed by atoms with Crippen LogP contribution in [-0.2, 0) is 16.1 Å². The van der Waals surface area contributed by atoms with Gasteiger partial charge in [0.15, 0.2) is 0 Å². The van der Waals surface area contributed by atoms with Crippen molar-refractivity contribution < 1.29 is 9.47 Å². The van der Waals surface area contributed by atoms with E-state index in [4.69, 9.17) is 15.2 Å². The Morgan fingerprint density at radius 3 is 2.80 bits per heavy atom. The van der Waals surface area contributed by atoms with E-state index in [0.717, 1.165) is 15.7 Å². The molecule has 0 radical (unpaired) electrons. The number of hydrogen-bond acceptors (Lipinski definition) is 3. The molecule has 1 rings (SSSR count). The lowest BCUT2D eigenvalue weighted by Gasteiger charge is -2.12. The fraction of sp³-hybridized carbons (Fsp3) is 0.455. The van der Waals surface area contributed by atoms with Crippen LogP contribution >= 0.6 is 15.9 Å². The van der Waals surface area contributed by atoms with Gasteiger partial charge in [0.25, 0.3) is 0 Å². The molecular formula is C11H16BrNO2. The van der Waals surface area contributed by atoms with Gasteiger partial charge in [-0.1, -0.05) is 22.0 Å². The topological polar surface area (TPSA) is 44.5 Å². The number of nitrogen functional groups attached to an aromatic ring is 1. The van der Waals surface area contributed by atoms with Crippen molar-refractivity contribution in [2.45, 2.75) is 19.6 Å². The summed E-state index contributed by atoms with van der Waals surface area (Å²) >= 11 is 3.44. The minimum absolute atomic E-state index is 0.0967. The van der Waals surface area contributed by atoms with Crippen LogP contribution in [0, 0.1) is 0 Å². The molecule has 0 aliphatic carbocycles. The minimum atomic E-state index is 0.0967. The second-order valence-corrected chi connectivity index (χ2v) is 4.28. The average Bonchev–Trinajstić information content (AvgIpc) is 2.17. The SMILES string of the molecule is COCC(C)OCc1ccc(N)cc1Br. The molecule has 0 aromatic heterocycles. The standard InChI is InChI=1S/C11H16BrNO2/c1-8(6-14-2)15-7-9-3-4-10(13)5-11(9)12/h3-5,8H,6-7,13H2,1-2H3. The van der Waals surface area contributed by atoms with Crippen molar-refractivity contribution in [1.29, 1.82) is 0 Å². The van der Waals surface area contributed by atoms with Crippen LogP contribution < -0.4 is 5.73 Å². The van der Waals surface area contributed by atoms with Crippen LogP contribution in [0.4, 0.5) is 5.69 Å². The first-order chi connectivity index (χ1) is 7.13. The third-order valence-electron chi connectivity index (χ3n) is 2.00. The van der Waals surface area contributed by atoms with Gasteiger partial charge in [-0.3, -0.25) is 0 Å². The molecule has 15 heavy (non-hydrogen) atoms. The van der Waals surface area contributed by atoms with Crippen molar-refractivity contribution in [2.75, 3.05) is 19.5 Å². The zero-order valence-electron chi connectivity index (χ0n) is 9.00. The molecule has 1 aromatic rings. The van der Waals surface area contributed by atoms with Crippen LogP contribution in [0.15, 0.2) is 22.7 Å². The summed E-state index contributed by atoms with van der Waals surface area (Å²) < 4.78 is 11.6. The highest BCUT2D eigenvalue weighted by Crippen LogP contribution is 2.20. The predicted molar refractivity (Wildman–Crippen MR) is 64.7 cm³/mol. The summed E-state index contributed by atoms with van der Waals surface area (Å²) in [6, 6.07) is 5.70. The molecule has 0 fully saturated rings. The highest BCUT2D eigenvalue weighted by molar-refractivity contribution is 9.10. The van der Waals surface area contributed by atoms with Crippen molar-refractivity contribution in [3.63, 3.8) is 0 Å². The Kier molecular flexibility index (Phi) is 5.08. The molecule has 0 heterocycles. The molecule has 0 amide bonds. The van der Waals surface area contributed by atoms with Gasteiger partial charge in [0.05, 0.1) is 19.3 Å². The van der Waals surface area contributed by atoms with Crippen molar-refractivity contribution in [3.8, 4) is 0 Å². The van der Waals surface area contributed by atoms with Gasteiger partial charge in [0.1, 0.15) is 0 Å². The first-order valence-corrected chi connectivity index (χ1v) is 5.57. The number of rotatable bonds is 5. The molecule has 0 bridgehead atoms. The number of nitrogens with two attached hydrogens (primary N) is 1. The molecule has 0 saturated carbocycles.